The van der Waals surface area contributed by atoms with Gasteiger partial charge in [0, 0.05) is 19.4 Å². The topological polar surface area (TPSA) is 38.1 Å². The second kappa shape index (κ2) is 6.80. The Morgan fingerprint density at radius 2 is 2.04 bits per heavy atom. The Hall–Kier alpha value is -1.73. The van der Waals surface area contributed by atoms with Crippen LogP contribution in [0.25, 0.3) is 0 Å². The minimum atomic E-state index is -4.37. The Bertz CT molecular complexity index is 716. The van der Waals surface area contributed by atoms with Gasteiger partial charge in [-0.25, -0.2) is 4.98 Å². The summed E-state index contributed by atoms with van der Waals surface area (Å²) in [5.74, 6) is -0.338. The molecule has 4 nitrogen and oxygen atoms in total. The minimum absolute atomic E-state index is 0.0925. The van der Waals surface area contributed by atoms with Gasteiger partial charge in [0.25, 0.3) is 5.91 Å². The molecule has 0 aliphatic carbocycles. The summed E-state index contributed by atoms with van der Waals surface area (Å²) in [6, 6.07) is 4.60. The average molecular weight is 366 g/mol. The van der Waals surface area contributed by atoms with Gasteiger partial charge in [-0.05, 0) is 12.1 Å². The number of rotatable bonds is 4. The van der Waals surface area contributed by atoms with Gasteiger partial charge >= 0.3 is 6.18 Å². The van der Waals surface area contributed by atoms with Crippen LogP contribution in [0.4, 0.5) is 13.2 Å². The number of hydrogen-bond donors (Lipinski definition) is 0. The van der Waals surface area contributed by atoms with Crippen molar-refractivity contribution in [1.29, 1.82) is 0 Å². The quantitative estimate of drug-likeness (QED) is 0.820. The lowest BCUT2D eigenvalue weighted by Crippen LogP contribution is -2.29. The first kappa shape index (κ1) is 17.6. The van der Waals surface area contributed by atoms with Crippen molar-refractivity contribution in [2.24, 2.45) is 0 Å². The summed E-state index contributed by atoms with van der Waals surface area (Å²) in [6.45, 7) is -1.26. The van der Waals surface area contributed by atoms with E-state index >= 15 is 0 Å². The molecule has 0 saturated carbocycles. The summed E-state index contributed by atoms with van der Waals surface area (Å²) in [4.78, 5) is 17.5. The van der Waals surface area contributed by atoms with Crippen LogP contribution in [0.3, 0.4) is 0 Å². The van der Waals surface area contributed by atoms with Crippen LogP contribution >= 0.6 is 23.2 Å². The van der Waals surface area contributed by atoms with E-state index in [0.29, 0.717) is 0 Å². The fraction of sp³-hybridized carbons (Fsp3) is 0.286. The third-order valence-corrected chi connectivity index (χ3v) is 3.88. The molecule has 124 valence electrons. The Morgan fingerprint density at radius 1 is 1.35 bits per heavy atom. The summed E-state index contributed by atoms with van der Waals surface area (Å²) in [5, 5.41) is 0.328. The van der Waals surface area contributed by atoms with E-state index < -0.39 is 18.6 Å². The highest BCUT2D eigenvalue weighted by Crippen LogP contribution is 2.26. The van der Waals surface area contributed by atoms with Crippen molar-refractivity contribution in [3.05, 3.63) is 52.0 Å². The number of nitrogens with zero attached hydrogens (tertiary/aromatic N) is 3. The lowest BCUT2D eigenvalue weighted by atomic mass is 10.2. The Labute approximate surface area is 140 Å². The number of hydrogen-bond acceptors (Lipinski definition) is 2. The molecule has 2 rings (SSSR count). The van der Waals surface area contributed by atoms with Gasteiger partial charge in [-0.2, -0.15) is 13.2 Å². The normalized spacial score (nSPS) is 11.6. The zero-order chi connectivity index (χ0) is 17.2. The molecule has 23 heavy (non-hydrogen) atoms. The van der Waals surface area contributed by atoms with Gasteiger partial charge in [-0.15, -0.1) is 0 Å². The molecule has 0 N–H and O–H groups in total. The fourth-order valence-corrected chi connectivity index (χ4v) is 2.37. The lowest BCUT2D eigenvalue weighted by molar-refractivity contribution is -0.141. The van der Waals surface area contributed by atoms with Crippen LogP contribution in [0.1, 0.15) is 16.2 Å². The van der Waals surface area contributed by atoms with Crippen LogP contribution < -0.4 is 0 Å². The molecule has 0 unspecified atom stereocenters. The molecule has 0 fully saturated rings. The van der Waals surface area contributed by atoms with Crippen molar-refractivity contribution in [3.8, 4) is 0 Å². The van der Waals surface area contributed by atoms with E-state index in [4.69, 9.17) is 23.2 Å². The molecule has 9 heteroatoms. The van der Waals surface area contributed by atoms with E-state index in [2.05, 4.69) is 4.98 Å². The molecule has 1 aromatic carbocycles. The number of benzene rings is 1. The number of amides is 1. The molecule has 0 aliphatic rings. The van der Waals surface area contributed by atoms with E-state index in [9.17, 15) is 18.0 Å². The van der Waals surface area contributed by atoms with Gasteiger partial charge in [-0.3, -0.25) is 4.79 Å². The highest BCUT2D eigenvalue weighted by molar-refractivity contribution is 6.43. The fourth-order valence-electron chi connectivity index (χ4n) is 1.99. The number of halogens is 5. The zero-order valence-electron chi connectivity index (χ0n) is 11.9. The number of carbonyl (C=O) groups excluding carboxylic acids is 1. The van der Waals surface area contributed by atoms with Crippen LogP contribution in [-0.2, 0) is 13.1 Å². The highest BCUT2D eigenvalue weighted by Gasteiger charge is 2.29. The van der Waals surface area contributed by atoms with Crippen molar-refractivity contribution in [2.45, 2.75) is 19.3 Å². The predicted molar refractivity (Wildman–Crippen MR) is 80.5 cm³/mol. The van der Waals surface area contributed by atoms with Crippen molar-refractivity contribution >= 4 is 29.1 Å². The second-order valence-electron chi connectivity index (χ2n) is 4.85. The monoisotopic (exact) mass is 365 g/mol. The summed E-state index contributed by atoms with van der Waals surface area (Å²) >= 11 is 11.8. The minimum Gasteiger partial charge on any atom is -0.334 e. The van der Waals surface area contributed by atoms with Crippen LogP contribution in [0, 0.1) is 0 Å². The molecule has 0 radical (unpaired) electrons. The zero-order valence-corrected chi connectivity index (χ0v) is 13.5. The predicted octanol–water partition coefficient (Wildman–Crippen LogP) is 4.02. The van der Waals surface area contributed by atoms with Crippen LogP contribution in [0.5, 0.6) is 0 Å². The maximum Gasteiger partial charge on any atom is 0.406 e. The number of aromatic nitrogens is 2. The molecular formula is C14H12Cl2F3N3O. The van der Waals surface area contributed by atoms with E-state index in [-0.39, 0.29) is 28.0 Å². The van der Waals surface area contributed by atoms with Gasteiger partial charge in [0.05, 0.1) is 22.2 Å². The molecule has 2 aromatic rings. The maximum atomic E-state index is 12.5. The first-order chi connectivity index (χ1) is 10.7. The number of alkyl halides is 3. The SMILES string of the molecule is CN(Cc1nccn1CC(F)(F)F)C(=O)c1cccc(Cl)c1Cl. The maximum absolute atomic E-state index is 12.5. The summed E-state index contributed by atoms with van der Waals surface area (Å²) < 4.78 is 38.4. The smallest absolute Gasteiger partial charge is 0.334 e. The van der Waals surface area contributed by atoms with Crippen LogP contribution in [-0.4, -0.2) is 33.6 Å². The average Bonchev–Trinajstić information content (AvgIpc) is 2.86. The molecule has 0 aliphatic heterocycles. The molecule has 0 atom stereocenters. The number of carbonyl (C=O) groups is 1. The van der Waals surface area contributed by atoms with Crippen molar-refractivity contribution < 1.29 is 18.0 Å². The van der Waals surface area contributed by atoms with E-state index in [0.717, 1.165) is 4.57 Å². The molecule has 0 spiro atoms. The summed E-state index contributed by atoms with van der Waals surface area (Å²) in [6.07, 6.45) is -1.90. The molecule has 1 aromatic heterocycles. The van der Waals surface area contributed by atoms with Crippen molar-refractivity contribution in [3.63, 3.8) is 0 Å². The van der Waals surface area contributed by atoms with E-state index in [1.165, 1.54) is 36.5 Å². The summed E-state index contributed by atoms with van der Waals surface area (Å²) in [7, 11) is 1.45. The van der Waals surface area contributed by atoms with Crippen molar-refractivity contribution in [2.75, 3.05) is 7.05 Å². The van der Waals surface area contributed by atoms with Gasteiger partial charge in [0.2, 0.25) is 0 Å². The molecular weight excluding hydrogens is 354 g/mol. The third kappa shape index (κ3) is 4.39. The van der Waals surface area contributed by atoms with Crippen molar-refractivity contribution in [1.82, 2.24) is 14.5 Å². The number of imidazole rings is 1. The van der Waals surface area contributed by atoms with E-state index in [1.54, 1.807) is 6.07 Å². The van der Waals surface area contributed by atoms with Gasteiger partial charge in [-0.1, -0.05) is 29.3 Å². The first-order valence-corrected chi connectivity index (χ1v) is 7.21. The Balaban J connectivity index is 2.16. The molecule has 1 heterocycles. The van der Waals surface area contributed by atoms with Crippen LogP contribution in [0.15, 0.2) is 30.6 Å². The second-order valence-corrected chi connectivity index (χ2v) is 5.63. The Morgan fingerprint density at radius 3 is 2.70 bits per heavy atom. The van der Waals surface area contributed by atoms with Gasteiger partial charge in [0.1, 0.15) is 12.4 Å². The first-order valence-electron chi connectivity index (χ1n) is 6.45. The summed E-state index contributed by atoms with van der Waals surface area (Å²) in [5.41, 5.74) is 0.176. The largest absolute Gasteiger partial charge is 0.406 e. The third-order valence-electron chi connectivity index (χ3n) is 3.06. The standard InChI is InChI=1S/C14H12Cl2F3N3O/c1-21(13(23)9-3-2-4-10(15)12(9)16)7-11-20-5-6-22(11)8-14(17,18)19/h2-6H,7-8H2,1H3. The van der Waals surface area contributed by atoms with Crippen LogP contribution in [0.2, 0.25) is 10.0 Å². The molecule has 0 bridgehead atoms. The van der Waals surface area contributed by atoms with E-state index in [1.807, 2.05) is 0 Å². The molecule has 0 saturated heterocycles. The Kier molecular flexibility index (Phi) is 5.21. The highest BCUT2D eigenvalue weighted by atomic mass is 35.5. The molecule has 1 amide bonds. The van der Waals surface area contributed by atoms with Gasteiger partial charge in [0.15, 0.2) is 0 Å². The lowest BCUT2D eigenvalue weighted by Gasteiger charge is -2.19. The van der Waals surface area contributed by atoms with Gasteiger partial charge < -0.3 is 9.47 Å².